The normalized spacial score (nSPS) is 10.9. The van der Waals surface area contributed by atoms with Gasteiger partial charge in [0.05, 0.1) is 19.4 Å². The topological polar surface area (TPSA) is 53.1 Å². The van der Waals surface area contributed by atoms with E-state index in [1.54, 1.807) is 18.4 Å². The molecule has 0 fully saturated rings. The number of thioether (sulfide) groups is 1. The summed E-state index contributed by atoms with van der Waals surface area (Å²) in [6.07, 6.45) is 1.62. The van der Waals surface area contributed by atoms with Crippen molar-refractivity contribution in [2.24, 2.45) is 0 Å². The van der Waals surface area contributed by atoms with Crippen molar-refractivity contribution >= 4 is 11.8 Å². The van der Waals surface area contributed by atoms with E-state index in [1.165, 1.54) is 23.9 Å². The lowest BCUT2D eigenvalue weighted by atomic mass is 10.2. The highest BCUT2D eigenvalue weighted by Gasteiger charge is 2.16. The molecule has 0 radical (unpaired) electrons. The molecule has 142 valence electrons. The second-order valence-corrected chi connectivity index (χ2v) is 7.07. The smallest absolute Gasteiger partial charge is 0.200 e. The Bertz CT molecular complexity index is 1020. The molecule has 5 nitrogen and oxygen atoms in total. The van der Waals surface area contributed by atoms with Crippen molar-refractivity contribution in [2.75, 3.05) is 12.4 Å². The first kappa shape index (κ1) is 18.3. The van der Waals surface area contributed by atoms with Crippen molar-refractivity contribution in [1.82, 2.24) is 14.8 Å². The highest BCUT2D eigenvalue weighted by atomic mass is 32.2. The first-order valence-corrected chi connectivity index (χ1v) is 9.80. The summed E-state index contributed by atoms with van der Waals surface area (Å²) in [5.41, 5.74) is 1.15. The molecule has 0 amide bonds. The summed E-state index contributed by atoms with van der Waals surface area (Å²) in [5.74, 6) is 2.22. The summed E-state index contributed by atoms with van der Waals surface area (Å²) < 4.78 is 26.4. The first-order valence-electron chi connectivity index (χ1n) is 8.82. The Hall–Kier alpha value is -3.06. The van der Waals surface area contributed by atoms with E-state index in [0.717, 1.165) is 10.7 Å². The number of furan rings is 1. The Kier molecular flexibility index (Phi) is 5.72. The zero-order valence-corrected chi connectivity index (χ0v) is 15.8. The number of rotatable bonds is 8. The van der Waals surface area contributed by atoms with Crippen LogP contribution in [0.15, 0.2) is 82.6 Å². The van der Waals surface area contributed by atoms with Crippen LogP contribution in [0.25, 0.3) is 11.6 Å². The molecule has 28 heavy (non-hydrogen) atoms. The van der Waals surface area contributed by atoms with Gasteiger partial charge in [-0.25, -0.2) is 4.39 Å². The maximum atomic E-state index is 13.2. The zero-order chi connectivity index (χ0) is 19.2. The molecule has 0 N–H and O–H groups in total. The number of halogens is 1. The summed E-state index contributed by atoms with van der Waals surface area (Å²) in [7, 11) is 0. The van der Waals surface area contributed by atoms with Gasteiger partial charge in [0.25, 0.3) is 0 Å². The first-order chi connectivity index (χ1) is 13.8. The van der Waals surface area contributed by atoms with Gasteiger partial charge in [-0.05, 0) is 29.8 Å². The van der Waals surface area contributed by atoms with Crippen molar-refractivity contribution < 1.29 is 13.5 Å². The van der Waals surface area contributed by atoms with Gasteiger partial charge in [-0.2, -0.15) is 0 Å². The molecule has 2 aromatic carbocycles. The standard InChI is InChI=1S/C21H18FN3O2S/c22-17-8-4-9-18(14-17)26-12-13-28-21-24-23-20(19-10-5-11-27-19)25(21)15-16-6-2-1-3-7-16/h1-11,14H,12-13,15H2. The molecule has 2 aromatic heterocycles. The van der Waals surface area contributed by atoms with Gasteiger partial charge in [0.1, 0.15) is 11.6 Å². The lowest BCUT2D eigenvalue weighted by Gasteiger charge is -2.10. The third kappa shape index (κ3) is 4.43. The second-order valence-electron chi connectivity index (χ2n) is 6.01. The number of nitrogens with zero attached hydrogens (tertiary/aromatic N) is 3. The molecule has 0 bridgehead atoms. The van der Waals surface area contributed by atoms with Crippen LogP contribution >= 0.6 is 11.8 Å². The molecule has 0 aliphatic heterocycles. The minimum Gasteiger partial charge on any atom is -0.493 e. The third-order valence-corrected chi connectivity index (χ3v) is 4.95. The number of hydrogen-bond donors (Lipinski definition) is 0. The van der Waals surface area contributed by atoms with Gasteiger partial charge in [0.2, 0.25) is 5.82 Å². The molecule has 4 rings (SSSR count). The molecule has 0 spiro atoms. The highest BCUT2D eigenvalue weighted by Crippen LogP contribution is 2.25. The van der Waals surface area contributed by atoms with Crippen molar-refractivity contribution in [3.8, 4) is 17.3 Å². The van der Waals surface area contributed by atoms with Gasteiger partial charge in [-0.1, -0.05) is 48.2 Å². The Morgan fingerprint density at radius 1 is 1.00 bits per heavy atom. The molecule has 7 heteroatoms. The summed E-state index contributed by atoms with van der Waals surface area (Å²) in [6.45, 7) is 1.07. The summed E-state index contributed by atoms with van der Waals surface area (Å²) in [6, 6.07) is 20.0. The lowest BCUT2D eigenvalue weighted by molar-refractivity contribution is 0.342. The molecule has 0 atom stereocenters. The number of ether oxygens (including phenoxy) is 1. The van der Waals surface area contributed by atoms with Crippen LogP contribution in [-0.4, -0.2) is 27.1 Å². The van der Waals surface area contributed by atoms with Crippen molar-refractivity contribution in [3.05, 3.63) is 84.4 Å². The maximum absolute atomic E-state index is 13.2. The average Bonchev–Trinajstić information content (AvgIpc) is 3.36. The predicted molar refractivity (Wildman–Crippen MR) is 106 cm³/mol. The van der Waals surface area contributed by atoms with Crippen LogP contribution in [0.5, 0.6) is 5.75 Å². The average molecular weight is 395 g/mol. The molecule has 4 aromatic rings. The van der Waals surface area contributed by atoms with E-state index in [4.69, 9.17) is 9.15 Å². The van der Waals surface area contributed by atoms with Crippen LogP contribution in [0.2, 0.25) is 0 Å². The fourth-order valence-electron chi connectivity index (χ4n) is 2.74. The maximum Gasteiger partial charge on any atom is 0.200 e. The number of aromatic nitrogens is 3. The van der Waals surface area contributed by atoms with Gasteiger partial charge in [0, 0.05) is 11.8 Å². The van der Waals surface area contributed by atoms with Crippen LogP contribution in [0.4, 0.5) is 4.39 Å². The van der Waals surface area contributed by atoms with E-state index in [0.29, 0.717) is 36.2 Å². The van der Waals surface area contributed by atoms with Gasteiger partial charge in [-0.3, -0.25) is 4.57 Å². The van der Waals surface area contributed by atoms with Crippen LogP contribution < -0.4 is 4.74 Å². The zero-order valence-electron chi connectivity index (χ0n) is 15.0. The minimum atomic E-state index is -0.309. The molecule has 0 unspecified atom stereocenters. The second kappa shape index (κ2) is 8.75. The van der Waals surface area contributed by atoms with Crippen LogP contribution in [-0.2, 0) is 6.54 Å². The van der Waals surface area contributed by atoms with E-state index in [2.05, 4.69) is 22.3 Å². The van der Waals surface area contributed by atoms with Crippen molar-refractivity contribution in [1.29, 1.82) is 0 Å². The molecular formula is C21H18FN3O2S. The summed E-state index contributed by atoms with van der Waals surface area (Å²) in [4.78, 5) is 0. The van der Waals surface area contributed by atoms with Crippen molar-refractivity contribution in [2.45, 2.75) is 11.7 Å². The number of hydrogen-bond acceptors (Lipinski definition) is 5. The van der Waals surface area contributed by atoms with Gasteiger partial charge in [-0.15, -0.1) is 10.2 Å². The Labute approximate surface area is 166 Å². The fraction of sp³-hybridized carbons (Fsp3) is 0.143. The van der Waals surface area contributed by atoms with Crippen molar-refractivity contribution in [3.63, 3.8) is 0 Å². The third-order valence-electron chi connectivity index (χ3n) is 4.02. The molecule has 0 aliphatic rings. The highest BCUT2D eigenvalue weighted by molar-refractivity contribution is 7.99. The monoisotopic (exact) mass is 395 g/mol. The van der Waals surface area contributed by atoms with Crippen LogP contribution in [0, 0.1) is 5.82 Å². The van der Waals surface area contributed by atoms with Gasteiger partial charge < -0.3 is 9.15 Å². The fourth-order valence-corrected chi connectivity index (χ4v) is 3.50. The lowest BCUT2D eigenvalue weighted by Crippen LogP contribution is -2.06. The Morgan fingerprint density at radius 2 is 1.89 bits per heavy atom. The molecular weight excluding hydrogens is 377 g/mol. The summed E-state index contributed by atoms with van der Waals surface area (Å²) in [5, 5.41) is 9.41. The van der Waals surface area contributed by atoms with Crippen LogP contribution in [0.1, 0.15) is 5.56 Å². The molecule has 0 saturated heterocycles. The molecule has 2 heterocycles. The molecule has 0 aliphatic carbocycles. The quantitative estimate of drug-likeness (QED) is 0.314. The van der Waals surface area contributed by atoms with E-state index in [-0.39, 0.29) is 5.82 Å². The Morgan fingerprint density at radius 3 is 2.68 bits per heavy atom. The van der Waals surface area contributed by atoms with E-state index in [1.807, 2.05) is 34.9 Å². The largest absolute Gasteiger partial charge is 0.493 e. The predicted octanol–water partition coefficient (Wildman–Crippen LogP) is 4.90. The van der Waals surface area contributed by atoms with E-state index >= 15 is 0 Å². The number of benzene rings is 2. The molecule has 0 saturated carbocycles. The van der Waals surface area contributed by atoms with E-state index in [9.17, 15) is 4.39 Å². The van der Waals surface area contributed by atoms with Crippen LogP contribution in [0.3, 0.4) is 0 Å². The SMILES string of the molecule is Fc1cccc(OCCSc2nnc(-c3ccco3)n2Cc2ccccc2)c1. The minimum absolute atomic E-state index is 0.309. The summed E-state index contributed by atoms with van der Waals surface area (Å²) >= 11 is 1.54. The van der Waals surface area contributed by atoms with E-state index < -0.39 is 0 Å². The van der Waals surface area contributed by atoms with Gasteiger partial charge in [0.15, 0.2) is 10.9 Å². The Balaban J connectivity index is 1.47. The van der Waals surface area contributed by atoms with Gasteiger partial charge >= 0.3 is 0 Å².